The van der Waals surface area contributed by atoms with Crippen molar-refractivity contribution in [2.45, 2.75) is 63.4 Å². The lowest BCUT2D eigenvalue weighted by molar-refractivity contribution is -0.137. The van der Waals surface area contributed by atoms with Crippen LogP contribution >= 0.6 is 0 Å². The third kappa shape index (κ3) is 6.83. The molecule has 43 heavy (non-hydrogen) atoms. The van der Waals surface area contributed by atoms with Crippen LogP contribution in [0.25, 0.3) is 0 Å². The number of carbonyl (C=O) groups excluding carboxylic acids is 1. The number of aliphatic imine (C=N–C) groups is 1. The number of aliphatic hydroxyl groups excluding tert-OH is 1. The highest BCUT2D eigenvalue weighted by Crippen LogP contribution is 2.36. The summed E-state index contributed by atoms with van der Waals surface area (Å²) in [6, 6.07) is 8.69. The first-order valence-electron chi connectivity index (χ1n) is 14.5. The van der Waals surface area contributed by atoms with E-state index in [1.165, 1.54) is 10.4 Å². The predicted molar refractivity (Wildman–Crippen MR) is 156 cm³/mol. The zero-order valence-corrected chi connectivity index (χ0v) is 25.1. The van der Waals surface area contributed by atoms with Crippen LogP contribution in [-0.2, 0) is 22.6 Å². The van der Waals surface area contributed by atoms with Crippen molar-refractivity contribution in [2.75, 3.05) is 39.0 Å². The first kappa shape index (κ1) is 31.3. The highest BCUT2D eigenvalue weighted by Gasteiger charge is 2.47. The normalized spacial score (nSPS) is 26.8. The van der Waals surface area contributed by atoms with Gasteiger partial charge in [0, 0.05) is 37.8 Å². The Balaban J connectivity index is 1.41. The minimum atomic E-state index is -4.62. The Morgan fingerprint density at radius 2 is 1.79 bits per heavy atom. The molecule has 5 heterocycles. The highest BCUT2D eigenvalue weighted by atomic mass is 32.2. The molecular weight excluding hydrogens is 585 g/mol. The van der Waals surface area contributed by atoms with E-state index in [-0.39, 0.29) is 67.8 Å². The van der Waals surface area contributed by atoms with Gasteiger partial charge in [0.15, 0.2) is 6.23 Å². The van der Waals surface area contributed by atoms with Crippen LogP contribution in [0.3, 0.4) is 0 Å². The first-order valence-corrected chi connectivity index (χ1v) is 16.1. The van der Waals surface area contributed by atoms with Gasteiger partial charge in [-0.15, -0.1) is 0 Å². The van der Waals surface area contributed by atoms with Gasteiger partial charge in [0.1, 0.15) is 11.6 Å². The number of piperidine rings is 1. The number of rotatable bonds is 0. The zero-order chi connectivity index (χ0) is 31.0. The molecule has 1 unspecified atom stereocenters. The Bertz CT molecular complexity index is 1500. The van der Waals surface area contributed by atoms with Crippen molar-refractivity contribution in [2.24, 2.45) is 4.99 Å². The van der Waals surface area contributed by atoms with Crippen LogP contribution in [0.4, 0.5) is 13.2 Å². The molecular formula is C30H37F3N4O5S. The van der Waals surface area contributed by atoms with Gasteiger partial charge in [-0.25, -0.2) is 17.7 Å². The molecule has 7 rings (SSSR count). The number of sulfonamides is 1. The van der Waals surface area contributed by atoms with E-state index in [4.69, 9.17) is 4.74 Å². The summed E-state index contributed by atoms with van der Waals surface area (Å²) in [5.74, 6) is -0.106. The maximum absolute atomic E-state index is 13.8. The molecule has 2 aromatic carbocycles. The number of amides is 1. The molecule has 1 spiro atoms. The van der Waals surface area contributed by atoms with Crippen LogP contribution in [0, 0.1) is 6.92 Å². The molecule has 5 aliphatic rings. The molecule has 1 saturated heterocycles. The van der Waals surface area contributed by atoms with Gasteiger partial charge in [0.25, 0.3) is 5.91 Å². The van der Waals surface area contributed by atoms with Crippen molar-refractivity contribution in [3.8, 4) is 5.75 Å². The summed E-state index contributed by atoms with van der Waals surface area (Å²) in [6.07, 6.45) is -3.15. The number of ether oxygens (including phenoxy) is 1. The molecule has 1 amide bonds. The molecule has 0 aliphatic carbocycles. The van der Waals surface area contributed by atoms with Crippen molar-refractivity contribution in [3.05, 3.63) is 64.2 Å². The van der Waals surface area contributed by atoms with Gasteiger partial charge in [-0.3, -0.25) is 4.79 Å². The fourth-order valence-corrected chi connectivity index (χ4v) is 7.35. The average molecular weight is 623 g/mol. The largest absolute Gasteiger partial charge is 0.494 e. The molecule has 9 nitrogen and oxygen atoms in total. The lowest BCUT2D eigenvalue weighted by Crippen LogP contribution is -2.58. The number of nitrogens with one attached hydrogen (secondary N) is 1. The number of aliphatic hydroxyl groups is 1. The van der Waals surface area contributed by atoms with Crippen LogP contribution < -0.4 is 10.1 Å². The molecule has 0 saturated carbocycles. The van der Waals surface area contributed by atoms with Crippen LogP contribution in [0.15, 0.2) is 41.4 Å². The molecule has 0 aromatic heterocycles. The van der Waals surface area contributed by atoms with Crippen molar-refractivity contribution < 1.29 is 36.2 Å². The number of alkyl halides is 3. The Morgan fingerprint density at radius 3 is 2.49 bits per heavy atom. The van der Waals surface area contributed by atoms with Gasteiger partial charge in [0.2, 0.25) is 10.0 Å². The van der Waals surface area contributed by atoms with E-state index >= 15 is 0 Å². The summed E-state index contributed by atoms with van der Waals surface area (Å²) in [4.78, 5) is 18.9. The summed E-state index contributed by atoms with van der Waals surface area (Å²) in [6.45, 7) is 2.81. The van der Waals surface area contributed by atoms with Gasteiger partial charge >= 0.3 is 6.18 Å². The summed E-state index contributed by atoms with van der Waals surface area (Å²) < 4.78 is 74.9. The van der Waals surface area contributed by atoms with E-state index in [0.717, 1.165) is 23.3 Å². The van der Waals surface area contributed by atoms with Gasteiger partial charge in [-0.05, 0) is 86.9 Å². The van der Waals surface area contributed by atoms with Crippen LogP contribution in [0.1, 0.15) is 64.7 Å². The van der Waals surface area contributed by atoms with E-state index < -0.39 is 33.5 Å². The summed E-state index contributed by atoms with van der Waals surface area (Å²) in [5, 5.41) is 14.0. The number of benzene rings is 2. The molecule has 2 N–H and O–H groups in total. The molecule has 1 atom stereocenters. The number of hydrogen-bond acceptors (Lipinski definition) is 7. The third-order valence-electron chi connectivity index (χ3n) is 8.60. The van der Waals surface area contributed by atoms with Gasteiger partial charge < -0.3 is 20.1 Å². The lowest BCUT2D eigenvalue weighted by atomic mass is 9.87. The van der Waals surface area contributed by atoms with Gasteiger partial charge in [-0.2, -0.15) is 13.2 Å². The van der Waals surface area contributed by atoms with E-state index in [1.54, 1.807) is 24.1 Å². The van der Waals surface area contributed by atoms with E-state index in [9.17, 15) is 31.5 Å². The maximum atomic E-state index is 13.8. The SMILES string of the molecule is Cc1cc2ccc1CCS(=O)(=O)N1CCC3(CC1)NC(=NC3O)c1cc(cc(C(F)(F)F)c1)OCCCCCN(C)C2=O. The van der Waals surface area contributed by atoms with E-state index in [2.05, 4.69) is 10.3 Å². The summed E-state index contributed by atoms with van der Waals surface area (Å²) in [7, 11) is -1.92. The number of carbonyl (C=O) groups is 1. The Kier molecular flexibility index (Phi) is 8.79. The van der Waals surface area contributed by atoms with Crippen molar-refractivity contribution in [1.29, 1.82) is 0 Å². The molecule has 2 aromatic rings. The number of nitrogens with zero attached hydrogens (tertiary/aromatic N) is 3. The van der Waals surface area contributed by atoms with Crippen LogP contribution in [0.2, 0.25) is 0 Å². The lowest BCUT2D eigenvalue weighted by Gasteiger charge is -2.40. The number of hydrogen-bond donors (Lipinski definition) is 2. The minimum Gasteiger partial charge on any atom is -0.494 e. The summed E-state index contributed by atoms with van der Waals surface area (Å²) >= 11 is 0. The molecule has 13 heteroatoms. The second kappa shape index (κ2) is 12.1. The quantitative estimate of drug-likeness (QED) is 0.464. The molecule has 1 fully saturated rings. The fraction of sp³-hybridized carbons (Fsp3) is 0.533. The smallest absolute Gasteiger partial charge is 0.416 e. The molecule has 7 bridgehead atoms. The number of halogens is 3. The highest BCUT2D eigenvalue weighted by molar-refractivity contribution is 7.89. The zero-order valence-electron chi connectivity index (χ0n) is 24.3. The number of fused-ring (bicyclic) bond motifs is 2. The maximum Gasteiger partial charge on any atom is 0.416 e. The Labute approximate surface area is 249 Å². The Hall–Kier alpha value is -3.16. The second-order valence-corrected chi connectivity index (χ2v) is 13.7. The number of aryl methyl sites for hydroxylation is 2. The summed E-state index contributed by atoms with van der Waals surface area (Å²) in [5.41, 5.74) is 0.457. The molecule has 0 radical (unpaired) electrons. The molecule has 234 valence electrons. The van der Waals surface area contributed by atoms with Crippen molar-refractivity contribution in [1.82, 2.24) is 14.5 Å². The fourth-order valence-electron chi connectivity index (χ4n) is 5.87. The monoisotopic (exact) mass is 622 g/mol. The topological polar surface area (TPSA) is 112 Å². The van der Waals surface area contributed by atoms with Crippen LogP contribution in [-0.4, -0.2) is 85.3 Å². The Morgan fingerprint density at radius 1 is 1.05 bits per heavy atom. The number of amidine groups is 1. The minimum absolute atomic E-state index is 0.0336. The van der Waals surface area contributed by atoms with Crippen molar-refractivity contribution >= 4 is 21.8 Å². The first-order chi connectivity index (χ1) is 20.3. The van der Waals surface area contributed by atoms with Gasteiger partial charge in [-0.1, -0.05) is 6.07 Å². The standard InChI is InChI=1S/C30H37F3N4O5S/c1-20-16-22-7-6-21(20)8-15-43(40,41)37-12-9-29(10-13-37)28(39)34-26(35-29)23-17-24(30(31,32)33)19-25(18-23)42-14-5-3-4-11-36(2)27(22)38/h6-7,16-19,28,39H,3-5,8-15H2,1-2H3,(H,34,35). The van der Waals surface area contributed by atoms with Crippen molar-refractivity contribution in [3.63, 3.8) is 0 Å². The van der Waals surface area contributed by atoms with E-state index in [1.807, 2.05) is 13.0 Å². The predicted octanol–water partition coefficient (Wildman–Crippen LogP) is 3.72. The van der Waals surface area contributed by atoms with Crippen LogP contribution in [0.5, 0.6) is 5.75 Å². The average Bonchev–Trinajstić information content (AvgIpc) is 3.27. The molecule has 5 aliphatic heterocycles. The third-order valence-corrected chi connectivity index (χ3v) is 10.5. The van der Waals surface area contributed by atoms with E-state index in [0.29, 0.717) is 31.4 Å². The second-order valence-electron chi connectivity index (χ2n) is 11.6. The van der Waals surface area contributed by atoms with Gasteiger partial charge in [0.05, 0.1) is 23.5 Å².